The Hall–Kier alpha value is -2.41. The van der Waals surface area contributed by atoms with E-state index < -0.39 is 28.6 Å². The Balaban J connectivity index is 2.24. The van der Waals surface area contributed by atoms with Gasteiger partial charge in [0, 0.05) is 18.3 Å². The molecule has 0 saturated carbocycles. The van der Waals surface area contributed by atoms with Crippen LogP contribution >= 0.6 is 11.6 Å². The minimum absolute atomic E-state index is 0.113. The van der Waals surface area contributed by atoms with Crippen LogP contribution in [0.15, 0.2) is 21.7 Å². The minimum atomic E-state index is -0.871. The summed E-state index contributed by atoms with van der Waals surface area (Å²) in [5.41, 5.74) is -1.29. The molecule has 0 atom stereocenters. The molecule has 0 radical (unpaired) electrons. The van der Waals surface area contributed by atoms with Crippen molar-refractivity contribution >= 4 is 17.6 Å². The molecule has 1 aliphatic carbocycles. The van der Waals surface area contributed by atoms with E-state index in [2.05, 4.69) is 0 Å². The standard InChI is InChI=1S/C19H20ClFN2O4/c1-19(2,3)27-17(25)11-8-15(13(21)9-12(11)20)23-16(24)10-6-5-7-14(10)22(4)18(23)26/h8-9H,5-7H2,1-4H3. The fraction of sp³-hybridized carbons (Fsp3) is 0.421. The summed E-state index contributed by atoms with van der Waals surface area (Å²) in [6.45, 7) is 5.05. The van der Waals surface area contributed by atoms with Crippen LogP contribution in [-0.4, -0.2) is 20.7 Å². The van der Waals surface area contributed by atoms with E-state index in [0.717, 1.165) is 23.1 Å². The number of hydrogen-bond donors (Lipinski definition) is 0. The number of carbonyl (C=O) groups is 1. The first-order chi connectivity index (χ1) is 12.5. The van der Waals surface area contributed by atoms with E-state index >= 15 is 0 Å². The molecule has 0 aliphatic heterocycles. The highest BCUT2D eigenvalue weighted by Crippen LogP contribution is 2.25. The van der Waals surface area contributed by atoms with Crippen LogP contribution in [0.3, 0.4) is 0 Å². The Kier molecular flexibility index (Phi) is 4.76. The SMILES string of the molecule is Cn1c2c(c(=O)n(-c3cc(C(=O)OC(C)(C)C)c(Cl)cc3F)c1=O)CCC2. The molecule has 6 nitrogen and oxygen atoms in total. The Labute approximate surface area is 160 Å². The van der Waals surface area contributed by atoms with Crippen molar-refractivity contribution in [1.29, 1.82) is 0 Å². The van der Waals surface area contributed by atoms with Gasteiger partial charge in [-0.15, -0.1) is 0 Å². The predicted molar refractivity (Wildman–Crippen MR) is 99.4 cm³/mol. The summed E-state index contributed by atoms with van der Waals surface area (Å²) in [5, 5.41) is -0.156. The lowest BCUT2D eigenvalue weighted by molar-refractivity contribution is 0.00696. The number of esters is 1. The molecule has 2 aromatic rings. The van der Waals surface area contributed by atoms with Gasteiger partial charge in [-0.25, -0.2) is 18.5 Å². The van der Waals surface area contributed by atoms with Gasteiger partial charge < -0.3 is 9.30 Å². The molecule has 27 heavy (non-hydrogen) atoms. The van der Waals surface area contributed by atoms with Gasteiger partial charge in [0.15, 0.2) is 0 Å². The van der Waals surface area contributed by atoms with E-state index in [1.165, 1.54) is 4.57 Å². The normalized spacial score (nSPS) is 13.6. The lowest BCUT2D eigenvalue weighted by Gasteiger charge is -2.20. The molecule has 0 unspecified atom stereocenters. The summed E-state index contributed by atoms with van der Waals surface area (Å²) in [4.78, 5) is 37.9. The lowest BCUT2D eigenvalue weighted by atomic mass is 10.1. The Bertz CT molecular complexity index is 1060. The monoisotopic (exact) mass is 394 g/mol. The van der Waals surface area contributed by atoms with Crippen molar-refractivity contribution in [2.45, 2.75) is 45.6 Å². The van der Waals surface area contributed by atoms with Crippen molar-refractivity contribution in [2.75, 3.05) is 0 Å². The van der Waals surface area contributed by atoms with Crippen molar-refractivity contribution in [3.8, 4) is 5.69 Å². The van der Waals surface area contributed by atoms with Gasteiger partial charge in [0.25, 0.3) is 5.56 Å². The molecule has 1 aromatic heterocycles. The van der Waals surface area contributed by atoms with Crippen LogP contribution in [0.2, 0.25) is 5.02 Å². The third kappa shape index (κ3) is 3.43. The van der Waals surface area contributed by atoms with Gasteiger partial charge in [0.1, 0.15) is 11.4 Å². The van der Waals surface area contributed by atoms with Crippen LogP contribution in [0.1, 0.15) is 48.8 Å². The zero-order valence-corrected chi connectivity index (χ0v) is 16.3. The second-order valence-electron chi connectivity index (χ2n) is 7.55. The molecule has 0 saturated heterocycles. The highest BCUT2D eigenvalue weighted by molar-refractivity contribution is 6.33. The molecule has 0 spiro atoms. The van der Waals surface area contributed by atoms with Gasteiger partial charge in [-0.3, -0.25) is 4.79 Å². The van der Waals surface area contributed by atoms with Crippen LogP contribution in [0.25, 0.3) is 5.69 Å². The zero-order valence-electron chi connectivity index (χ0n) is 15.6. The quantitative estimate of drug-likeness (QED) is 0.734. The van der Waals surface area contributed by atoms with Gasteiger partial charge in [0.2, 0.25) is 0 Å². The Morgan fingerprint density at radius 1 is 1.22 bits per heavy atom. The molecular formula is C19H20ClFN2O4. The van der Waals surface area contributed by atoms with Gasteiger partial charge in [-0.1, -0.05) is 11.6 Å². The highest BCUT2D eigenvalue weighted by atomic mass is 35.5. The molecular weight excluding hydrogens is 375 g/mol. The first-order valence-electron chi connectivity index (χ1n) is 8.58. The third-order valence-electron chi connectivity index (χ3n) is 4.43. The maximum Gasteiger partial charge on any atom is 0.340 e. The second-order valence-corrected chi connectivity index (χ2v) is 7.95. The fourth-order valence-electron chi connectivity index (χ4n) is 3.23. The molecule has 1 aliphatic rings. The number of carbonyl (C=O) groups excluding carboxylic acids is 1. The molecule has 8 heteroatoms. The first-order valence-corrected chi connectivity index (χ1v) is 8.95. The summed E-state index contributed by atoms with van der Waals surface area (Å²) >= 11 is 6.01. The highest BCUT2D eigenvalue weighted by Gasteiger charge is 2.26. The maximum atomic E-state index is 14.6. The average Bonchev–Trinajstić information content (AvgIpc) is 3.03. The summed E-state index contributed by atoms with van der Waals surface area (Å²) < 4.78 is 22.0. The van der Waals surface area contributed by atoms with Crippen molar-refractivity contribution < 1.29 is 13.9 Å². The molecule has 0 fully saturated rings. The summed E-state index contributed by atoms with van der Waals surface area (Å²) in [7, 11) is 1.55. The van der Waals surface area contributed by atoms with E-state index in [-0.39, 0.29) is 16.3 Å². The zero-order chi connectivity index (χ0) is 20.1. The summed E-state index contributed by atoms with van der Waals surface area (Å²) in [6, 6.07) is 2.01. The number of ether oxygens (including phenoxy) is 1. The molecule has 1 heterocycles. The number of hydrogen-bond acceptors (Lipinski definition) is 4. The molecule has 3 rings (SSSR count). The molecule has 0 bridgehead atoms. The number of aromatic nitrogens is 2. The largest absolute Gasteiger partial charge is 0.456 e. The summed E-state index contributed by atoms with van der Waals surface area (Å²) in [6.07, 6.45) is 1.91. The molecule has 0 N–H and O–H groups in total. The minimum Gasteiger partial charge on any atom is -0.456 e. The van der Waals surface area contributed by atoms with Crippen molar-refractivity contribution in [1.82, 2.24) is 9.13 Å². The van der Waals surface area contributed by atoms with E-state index in [9.17, 15) is 18.8 Å². The smallest absolute Gasteiger partial charge is 0.340 e. The molecule has 0 amide bonds. The van der Waals surface area contributed by atoms with Crippen molar-refractivity contribution in [3.05, 3.63) is 60.6 Å². The fourth-order valence-corrected chi connectivity index (χ4v) is 3.45. The van der Waals surface area contributed by atoms with Crippen LogP contribution < -0.4 is 11.2 Å². The van der Waals surface area contributed by atoms with Gasteiger partial charge in [0.05, 0.1) is 16.3 Å². The predicted octanol–water partition coefficient (Wildman–Crippen LogP) is 2.77. The topological polar surface area (TPSA) is 70.3 Å². The Morgan fingerprint density at radius 3 is 2.52 bits per heavy atom. The van der Waals surface area contributed by atoms with Crippen molar-refractivity contribution in [2.24, 2.45) is 7.05 Å². The Morgan fingerprint density at radius 2 is 1.89 bits per heavy atom. The van der Waals surface area contributed by atoms with Crippen LogP contribution in [0.5, 0.6) is 0 Å². The van der Waals surface area contributed by atoms with Gasteiger partial charge in [-0.05, 0) is 52.2 Å². The number of halogens is 2. The number of rotatable bonds is 2. The van der Waals surface area contributed by atoms with E-state index in [1.807, 2.05) is 0 Å². The van der Waals surface area contributed by atoms with Crippen LogP contribution in [0, 0.1) is 5.82 Å². The number of fused-ring (bicyclic) bond motifs is 1. The van der Waals surface area contributed by atoms with Gasteiger partial charge >= 0.3 is 11.7 Å². The van der Waals surface area contributed by atoms with Gasteiger partial charge in [-0.2, -0.15) is 0 Å². The van der Waals surface area contributed by atoms with E-state index in [0.29, 0.717) is 24.1 Å². The summed E-state index contributed by atoms with van der Waals surface area (Å²) in [5.74, 6) is -1.63. The molecule has 1 aromatic carbocycles. The average molecular weight is 395 g/mol. The third-order valence-corrected chi connectivity index (χ3v) is 4.74. The maximum absolute atomic E-state index is 14.6. The van der Waals surface area contributed by atoms with Crippen LogP contribution in [-0.2, 0) is 24.6 Å². The van der Waals surface area contributed by atoms with Crippen LogP contribution in [0.4, 0.5) is 4.39 Å². The second kappa shape index (κ2) is 6.64. The van der Waals surface area contributed by atoms with E-state index in [4.69, 9.17) is 16.3 Å². The lowest BCUT2D eigenvalue weighted by Crippen LogP contribution is -2.41. The first kappa shape index (κ1) is 19.4. The number of benzene rings is 1. The van der Waals surface area contributed by atoms with Crippen molar-refractivity contribution in [3.63, 3.8) is 0 Å². The van der Waals surface area contributed by atoms with E-state index in [1.54, 1.807) is 27.8 Å². The molecule has 144 valence electrons. The number of nitrogens with zero attached hydrogens (tertiary/aromatic N) is 2.